The lowest BCUT2D eigenvalue weighted by molar-refractivity contribution is -0.123. The Labute approximate surface area is 176 Å². The molecule has 0 aliphatic carbocycles. The van der Waals surface area contributed by atoms with Crippen molar-refractivity contribution in [1.29, 1.82) is 5.26 Å². The summed E-state index contributed by atoms with van der Waals surface area (Å²) in [7, 11) is 3.14. The van der Waals surface area contributed by atoms with Crippen molar-refractivity contribution in [3.8, 4) is 17.7 Å². The lowest BCUT2D eigenvalue weighted by Crippen LogP contribution is -2.25. The van der Waals surface area contributed by atoms with E-state index >= 15 is 0 Å². The van der Waals surface area contributed by atoms with Gasteiger partial charge in [0.1, 0.15) is 17.4 Å². The van der Waals surface area contributed by atoms with Crippen molar-refractivity contribution in [3.63, 3.8) is 0 Å². The van der Waals surface area contributed by atoms with Gasteiger partial charge >= 0.3 is 0 Å². The molecule has 0 saturated carbocycles. The van der Waals surface area contributed by atoms with Crippen LogP contribution in [0.25, 0.3) is 0 Å². The van der Waals surface area contributed by atoms with Gasteiger partial charge in [-0.3, -0.25) is 4.79 Å². The van der Waals surface area contributed by atoms with Gasteiger partial charge in [0.15, 0.2) is 6.61 Å². The number of pyridine rings is 1. The van der Waals surface area contributed by atoms with E-state index in [1.165, 1.54) is 13.3 Å². The van der Waals surface area contributed by atoms with Gasteiger partial charge in [0.05, 0.1) is 23.5 Å². The van der Waals surface area contributed by atoms with E-state index in [0.717, 1.165) is 14.9 Å². The van der Waals surface area contributed by atoms with Crippen molar-refractivity contribution < 1.29 is 19.0 Å². The van der Waals surface area contributed by atoms with Crippen LogP contribution in [0.2, 0.25) is 0 Å². The lowest BCUT2D eigenvalue weighted by atomic mass is 10.1. The summed E-state index contributed by atoms with van der Waals surface area (Å²) in [5, 5.41) is 13.3. The molecule has 28 heavy (non-hydrogen) atoms. The van der Waals surface area contributed by atoms with Crippen LogP contribution in [0, 0.1) is 21.8 Å². The third-order valence-corrected chi connectivity index (χ3v) is 4.37. The van der Waals surface area contributed by atoms with Crippen LogP contribution in [0.3, 0.4) is 0 Å². The maximum atomic E-state index is 12.0. The molecule has 1 N–H and O–H groups in total. The first kappa shape index (κ1) is 21.6. The summed E-state index contributed by atoms with van der Waals surface area (Å²) in [6.07, 6.45) is 1.52. The highest BCUT2D eigenvalue weighted by Crippen LogP contribution is 2.22. The predicted molar refractivity (Wildman–Crippen MR) is 111 cm³/mol. The Morgan fingerprint density at radius 1 is 1.39 bits per heavy atom. The molecule has 1 aromatic heterocycles. The summed E-state index contributed by atoms with van der Waals surface area (Å²) in [6, 6.07) is 9.30. The Kier molecular flexibility index (Phi) is 8.16. The van der Waals surface area contributed by atoms with Crippen molar-refractivity contribution in [2.24, 2.45) is 5.10 Å². The summed E-state index contributed by atoms with van der Waals surface area (Å²) in [5.41, 5.74) is 4.75. The van der Waals surface area contributed by atoms with Crippen LogP contribution in [0.1, 0.15) is 22.4 Å². The van der Waals surface area contributed by atoms with Gasteiger partial charge in [0.2, 0.25) is 5.88 Å². The number of hydrazone groups is 1. The molecule has 0 unspecified atom stereocenters. The van der Waals surface area contributed by atoms with Crippen LogP contribution in [-0.2, 0) is 16.1 Å². The van der Waals surface area contributed by atoms with E-state index in [4.69, 9.17) is 14.2 Å². The Balaban J connectivity index is 1.97. The van der Waals surface area contributed by atoms with E-state index in [-0.39, 0.29) is 24.7 Å². The standard InChI is InChI=1S/C19H19IN4O4/c1-12-6-14(10-26-2)15(8-21)19(23-12)28-11-18(25)24-22-9-13-4-5-17(27-3)16(20)7-13/h4-7,9H,10-11H2,1-3H3,(H,24,25). The average Bonchev–Trinajstić information content (AvgIpc) is 2.66. The van der Waals surface area contributed by atoms with Gasteiger partial charge < -0.3 is 14.2 Å². The number of ether oxygens (including phenoxy) is 3. The maximum absolute atomic E-state index is 12.0. The summed E-state index contributed by atoms with van der Waals surface area (Å²) in [4.78, 5) is 16.1. The van der Waals surface area contributed by atoms with Crippen LogP contribution in [0.15, 0.2) is 29.4 Å². The number of aryl methyl sites for hydroxylation is 1. The lowest BCUT2D eigenvalue weighted by Gasteiger charge is -2.10. The van der Waals surface area contributed by atoms with E-state index < -0.39 is 5.91 Å². The summed E-state index contributed by atoms with van der Waals surface area (Å²) >= 11 is 2.15. The predicted octanol–water partition coefficient (Wildman–Crippen LogP) is 2.55. The molecule has 0 saturated heterocycles. The molecule has 0 radical (unpaired) electrons. The highest BCUT2D eigenvalue weighted by Gasteiger charge is 2.14. The minimum Gasteiger partial charge on any atom is -0.496 e. The highest BCUT2D eigenvalue weighted by molar-refractivity contribution is 14.1. The SMILES string of the molecule is COCc1cc(C)nc(OCC(=O)NN=Cc2ccc(OC)c(I)c2)c1C#N. The molecule has 1 heterocycles. The van der Waals surface area contributed by atoms with Crippen LogP contribution in [0.5, 0.6) is 11.6 Å². The largest absolute Gasteiger partial charge is 0.496 e. The van der Waals surface area contributed by atoms with Crippen LogP contribution in [-0.4, -0.2) is 37.9 Å². The Morgan fingerprint density at radius 2 is 2.18 bits per heavy atom. The Hall–Kier alpha value is -2.71. The molecular formula is C19H19IN4O4. The number of nitrogens with zero attached hydrogens (tertiary/aromatic N) is 3. The van der Waals surface area contributed by atoms with E-state index in [9.17, 15) is 10.1 Å². The normalized spacial score (nSPS) is 10.5. The third kappa shape index (κ3) is 5.90. The minimum atomic E-state index is -0.472. The van der Waals surface area contributed by atoms with E-state index in [2.05, 4.69) is 38.1 Å². The van der Waals surface area contributed by atoms with E-state index in [1.54, 1.807) is 20.1 Å². The number of nitriles is 1. The van der Waals surface area contributed by atoms with Crippen LogP contribution < -0.4 is 14.9 Å². The number of halogens is 1. The molecular weight excluding hydrogens is 475 g/mol. The molecule has 0 spiro atoms. The smallest absolute Gasteiger partial charge is 0.278 e. The molecule has 0 aliphatic rings. The van der Waals surface area contributed by atoms with Crippen molar-refractivity contribution >= 4 is 34.7 Å². The number of aromatic nitrogens is 1. The third-order valence-electron chi connectivity index (χ3n) is 3.53. The fraction of sp³-hybridized carbons (Fsp3) is 0.263. The number of benzene rings is 1. The van der Waals surface area contributed by atoms with Gasteiger partial charge in [-0.25, -0.2) is 10.4 Å². The fourth-order valence-electron chi connectivity index (χ4n) is 2.31. The van der Waals surface area contributed by atoms with Gasteiger partial charge in [-0.15, -0.1) is 0 Å². The molecule has 0 aliphatic heterocycles. The van der Waals surface area contributed by atoms with Crippen molar-refractivity contribution in [1.82, 2.24) is 10.4 Å². The molecule has 0 bridgehead atoms. The van der Waals surface area contributed by atoms with Crippen LogP contribution in [0.4, 0.5) is 0 Å². The topological polar surface area (TPSA) is 106 Å². The van der Waals surface area contributed by atoms with Crippen molar-refractivity contribution in [2.45, 2.75) is 13.5 Å². The zero-order valence-corrected chi connectivity index (χ0v) is 17.8. The zero-order valence-electron chi connectivity index (χ0n) is 15.7. The maximum Gasteiger partial charge on any atom is 0.278 e. The molecule has 8 nitrogen and oxygen atoms in total. The molecule has 0 fully saturated rings. The highest BCUT2D eigenvalue weighted by atomic mass is 127. The Morgan fingerprint density at radius 3 is 2.82 bits per heavy atom. The van der Waals surface area contributed by atoms with Gasteiger partial charge in [-0.2, -0.15) is 10.4 Å². The summed E-state index contributed by atoms with van der Waals surface area (Å²) in [6.45, 7) is 1.70. The quantitative estimate of drug-likeness (QED) is 0.344. The zero-order chi connectivity index (χ0) is 20.5. The molecule has 1 aromatic carbocycles. The van der Waals surface area contributed by atoms with Gasteiger partial charge in [0.25, 0.3) is 5.91 Å². The van der Waals surface area contributed by atoms with Gasteiger partial charge in [-0.05, 0) is 59.3 Å². The number of nitrogens with one attached hydrogen (secondary N) is 1. The molecule has 2 rings (SSSR count). The number of rotatable bonds is 8. The molecule has 0 atom stereocenters. The number of carbonyl (C=O) groups is 1. The summed E-state index contributed by atoms with van der Waals surface area (Å²) in [5.74, 6) is 0.389. The second kappa shape index (κ2) is 10.6. The van der Waals surface area contributed by atoms with E-state index in [0.29, 0.717) is 11.3 Å². The number of hydrogen-bond acceptors (Lipinski definition) is 7. The van der Waals surface area contributed by atoms with Crippen molar-refractivity contribution in [2.75, 3.05) is 20.8 Å². The first-order valence-corrected chi connectivity index (χ1v) is 9.24. The second-order valence-corrected chi connectivity index (χ2v) is 6.79. The first-order valence-electron chi connectivity index (χ1n) is 8.16. The fourth-order valence-corrected chi connectivity index (χ4v) is 3.07. The summed E-state index contributed by atoms with van der Waals surface area (Å²) < 4.78 is 16.6. The molecule has 9 heteroatoms. The molecule has 1 amide bonds. The van der Waals surface area contributed by atoms with Gasteiger partial charge in [-0.1, -0.05) is 0 Å². The second-order valence-electron chi connectivity index (χ2n) is 5.62. The number of amides is 1. The number of carbonyl (C=O) groups excluding carboxylic acids is 1. The van der Waals surface area contributed by atoms with Gasteiger partial charge in [0, 0.05) is 18.4 Å². The Bertz CT molecular complexity index is 925. The number of methoxy groups -OCH3 is 2. The van der Waals surface area contributed by atoms with Crippen molar-refractivity contribution in [3.05, 3.63) is 50.2 Å². The number of hydrogen-bond donors (Lipinski definition) is 1. The first-order chi connectivity index (χ1) is 13.5. The average molecular weight is 494 g/mol. The molecule has 2 aromatic rings. The van der Waals surface area contributed by atoms with Crippen LogP contribution >= 0.6 is 22.6 Å². The van der Waals surface area contributed by atoms with E-state index in [1.807, 2.05) is 24.3 Å². The molecule has 146 valence electrons. The monoisotopic (exact) mass is 494 g/mol. The minimum absolute atomic E-state index is 0.0957.